The van der Waals surface area contributed by atoms with E-state index in [1.807, 2.05) is 0 Å². The Labute approximate surface area is 124 Å². The molecule has 2 fully saturated rings. The van der Waals surface area contributed by atoms with Crippen molar-refractivity contribution in [2.45, 2.75) is 76.0 Å². The molecule has 2 aliphatic rings. The summed E-state index contributed by atoms with van der Waals surface area (Å²) in [6, 6.07) is 0.546. The summed E-state index contributed by atoms with van der Waals surface area (Å²) < 4.78 is 23.7. The highest BCUT2D eigenvalue weighted by molar-refractivity contribution is 7.91. The summed E-state index contributed by atoms with van der Waals surface area (Å²) in [5.74, 6) is 1.46. The van der Waals surface area contributed by atoms with Crippen LogP contribution in [0, 0.1) is 11.8 Å². The maximum Gasteiger partial charge on any atom is 0.150 e. The Morgan fingerprint density at radius 2 is 1.85 bits per heavy atom. The molecular weight excluding hydrogens is 270 g/mol. The highest BCUT2D eigenvalue weighted by Gasteiger charge is 2.34. The molecule has 0 aromatic carbocycles. The molecule has 2 saturated carbocycles. The smallest absolute Gasteiger partial charge is 0.150 e. The quantitative estimate of drug-likeness (QED) is 0.786. The number of sulfone groups is 1. The van der Waals surface area contributed by atoms with Crippen molar-refractivity contribution in [3.63, 3.8) is 0 Å². The van der Waals surface area contributed by atoms with Crippen molar-refractivity contribution < 1.29 is 8.42 Å². The molecule has 3 nitrogen and oxygen atoms in total. The van der Waals surface area contributed by atoms with Crippen LogP contribution in [0.4, 0.5) is 0 Å². The Hall–Kier alpha value is -0.0900. The topological polar surface area (TPSA) is 46.2 Å². The molecule has 3 atom stereocenters. The molecule has 0 bridgehead atoms. The standard InChI is InChI=1S/C16H31NO2S/c1-3-10-17-16(11-13-6-4-7-13)14-8-5-9-15(12-14)20(2,18)19/h13-17H,3-12H2,1-2H3. The third-order valence-electron chi connectivity index (χ3n) is 5.31. The molecule has 3 unspecified atom stereocenters. The Morgan fingerprint density at radius 3 is 2.40 bits per heavy atom. The first-order chi connectivity index (χ1) is 9.50. The van der Waals surface area contributed by atoms with E-state index in [2.05, 4.69) is 12.2 Å². The van der Waals surface area contributed by atoms with Gasteiger partial charge in [0.25, 0.3) is 0 Å². The van der Waals surface area contributed by atoms with Crippen LogP contribution in [0.25, 0.3) is 0 Å². The first-order valence-electron chi connectivity index (χ1n) is 8.43. The van der Waals surface area contributed by atoms with Crippen LogP contribution in [-0.4, -0.2) is 32.5 Å². The van der Waals surface area contributed by atoms with Crippen molar-refractivity contribution in [3.05, 3.63) is 0 Å². The van der Waals surface area contributed by atoms with E-state index in [0.29, 0.717) is 12.0 Å². The summed E-state index contributed by atoms with van der Waals surface area (Å²) in [7, 11) is -2.86. The minimum Gasteiger partial charge on any atom is -0.314 e. The Kier molecular flexibility index (Phi) is 5.91. The zero-order chi connectivity index (χ0) is 14.6. The average Bonchev–Trinajstić information content (AvgIpc) is 2.36. The lowest BCUT2D eigenvalue weighted by Gasteiger charge is -2.38. The SMILES string of the molecule is CCCNC(CC1CCC1)C1CCCC(S(C)(=O)=O)C1. The van der Waals surface area contributed by atoms with Crippen molar-refractivity contribution in [3.8, 4) is 0 Å². The van der Waals surface area contributed by atoms with E-state index < -0.39 is 9.84 Å². The molecule has 0 heterocycles. The zero-order valence-corrected chi connectivity index (χ0v) is 13.9. The number of rotatable bonds is 7. The van der Waals surface area contributed by atoms with Gasteiger partial charge in [0.15, 0.2) is 0 Å². The Morgan fingerprint density at radius 1 is 1.15 bits per heavy atom. The van der Waals surface area contributed by atoms with Crippen LogP contribution in [0.1, 0.15) is 64.7 Å². The second-order valence-electron chi connectivity index (χ2n) is 6.97. The van der Waals surface area contributed by atoms with Crippen molar-refractivity contribution in [1.29, 1.82) is 0 Å². The molecule has 0 radical (unpaired) electrons. The third-order valence-corrected chi connectivity index (χ3v) is 6.95. The molecule has 2 rings (SSSR count). The summed E-state index contributed by atoms with van der Waals surface area (Å²) in [5, 5.41) is 3.63. The summed E-state index contributed by atoms with van der Waals surface area (Å²) in [6.07, 6.45) is 12.0. The number of nitrogens with one attached hydrogen (secondary N) is 1. The van der Waals surface area contributed by atoms with Gasteiger partial charge in [-0.05, 0) is 50.5 Å². The van der Waals surface area contributed by atoms with E-state index >= 15 is 0 Å². The molecule has 0 aromatic rings. The molecule has 2 aliphatic carbocycles. The van der Waals surface area contributed by atoms with Gasteiger partial charge in [-0.15, -0.1) is 0 Å². The molecule has 0 aliphatic heterocycles. The van der Waals surface area contributed by atoms with Gasteiger partial charge in [-0.2, -0.15) is 0 Å². The minimum atomic E-state index is -2.86. The van der Waals surface area contributed by atoms with Crippen LogP contribution in [0.5, 0.6) is 0 Å². The number of hydrogen-bond acceptors (Lipinski definition) is 3. The fourth-order valence-corrected chi connectivity index (χ4v) is 4.99. The molecular formula is C16H31NO2S. The summed E-state index contributed by atoms with van der Waals surface area (Å²) >= 11 is 0. The fraction of sp³-hybridized carbons (Fsp3) is 1.00. The second-order valence-corrected chi connectivity index (χ2v) is 9.30. The fourth-order valence-electron chi connectivity index (χ4n) is 3.80. The van der Waals surface area contributed by atoms with Gasteiger partial charge < -0.3 is 5.32 Å². The molecule has 0 aromatic heterocycles. The summed E-state index contributed by atoms with van der Waals surface area (Å²) in [5.41, 5.74) is 0. The maximum absolute atomic E-state index is 11.8. The van der Waals surface area contributed by atoms with Crippen LogP contribution in [0.15, 0.2) is 0 Å². The van der Waals surface area contributed by atoms with Gasteiger partial charge in [0, 0.05) is 12.3 Å². The van der Waals surface area contributed by atoms with Gasteiger partial charge in [0.1, 0.15) is 9.84 Å². The molecule has 20 heavy (non-hydrogen) atoms. The first-order valence-corrected chi connectivity index (χ1v) is 10.4. The zero-order valence-electron chi connectivity index (χ0n) is 13.1. The van der Waals surface area contributed by atoms with E-state index in [0.717, 1.165) is 38.1 Å². The largest absolute Gasteiger partial charge is 0.314 e. The van der Waals surface area contributed by atoms with Gasteiger partial charge >= 0.3 is 0 Å². The van der Waals surface area contributed by atoms with E-state index in [1.165, 1.54) is 38.4 Å². The van der Waals surface area contributed by atoms with Gasteiger partial charge in [-0.3, -0.25) is 0 Å². The van der Waals surface area contributed by atoms with E-state index in [1.54, 1.807) is 0 Å². The van der Waals surface area contributed by atoms with Crippen molar-refractivity contribution in [2.75, 3.05) is 12.8 Å². The van der Waals surface area contributed by atoms with E-state index in [-0.39, 0.29) is 5.25 Å². The third kappa shape index (κ3) is 4.45. The highest BCUT2D eigenvalue weighted by Crippen LogP contribution is 2.37. The van der Waals surface area contributed by atoms with Gasteiger partial charge in [0.2, 0.25) is 0 Å². The van der Waals surface area contributed by atoms with Gasteiger partial charge in [0.05, 0.1) is 5.25 Å². The lowest BCUT2D eigenvalue weighted by molar-refractivity contribution is 0.194. The average molecular weight is 301 g/mol. The van der Waals surface area contributed by atoms with Crippen molar-refractivity contribution in [2.24, 2.45) is 11.8 Å². The van der Waals surface area contributed by atoms with E-state index in [9.17, 15) is 8.42 Å². The molecule has 0 saturated heterocycles. The molecule has 0 amide bonds. The van der Waals surface area contributed by atoms with Gasteiger partial charge in [-0.1, -0.05) is 32.6 Å². The predicted octanol–water partition coefficient (Wildman–Crippen LogP) is 3.15. The van der Waals surface area contributed by atoms with Crippen LogP contribution in [0.3, 0.4) is 0 Å². The Balaban J connectivity index is 1.95. The number of hydrogen-bond donors (Lipinski definition) is 1. The monoisotopic (exact) mass is 301 g/mol. The van der Waals surface area contributed by atoms with E-state index in [4.69, 9.17) is 0 Å². The van der Waals surface area contributed by atoms with Crippen molar-refractivity contribution in [1.82, 2.24) is 5.32 Å². The normalized spacial score (nSPS) is 29.9. The van der Waals surface area contributed by atoms with Crippen LogP contribution >= 0.6 is 0 Å². The summed E-state index contributed by atoms with van der Waals surface area (Å²) in [4.78, 5) is 0. The molecule has 4 heteroatoms. The maximum atomic E-state index is 11.8. The molecule has 1 N–H and O–H groups in total. The van der Waals surface area contributed by atoms with Gasteiger partial charge in [-0.25, -0.2) is 8.42 Å². The second kappa shape index (κ2) is 7.26. The Bertz CT molecular complexity index is 389. The molecule has 118 valence electrons. The molecule has 0 spiro atoms. The van der Waals surface area contributed by atoms with Crippen LogP contribution in [-0.2, 0) is 9.84 Å². The first kappa shape index (κ1) is 16.3. The van der Waals surface area contributed by atoms with Crippen molar-refractivity contribution >= 4 is 9.84 Å². The summed E-state index contributed by atoms with van der Waals surface area (Å²) in [6.45, 7) is 3.27. The van der Waals surface area contributed by atoms with Crippen LogP contribution in [0.2, 0.25) is 0 Å². The van der Waals surface area contributed by atoms with Crippen LogP contribution < -0.4 is 5.32 Å². The lowest BCUT2D eigenvalue weighted by atomic mass is 9.75. The minimum absolute atomic E-state index is 0.0893. The highest BCUT2D eigenvalue weighted by atomic mass is 32.2. The predicted molar refractivity (Wildman–Crippen MR) is 84.6 cm³/mol. The lowest BCUT2D eigenvalue weighted by Crippen LogP contribution is -2.43.